The molecular formula is C26H30N2O. The lowest BCUT2D eigenvalue weighted by Gasteiger charge is -2.20. The van der Waals surface area contributed by atoms with Crippen LogP contribution in [-0.4, -0.2) is 18.1 Å². The fraction of sp³-hybridized carbons (Fsp3) is 0.346. The maximum Gasteiger partial charge on any atom is 0.121 e. The van der Waals surface area contributed by atoms with Gasteiger partial charge in [-0.15, -0.1) is 0 Å². The van der Waals surface area contributed by atoms with Crippen molar-refractivity contribution in [2.75, 3.05) is 18.1 Å². The van der Waals surface area contributed by atoms with Crippen LogP contribution in [0.25, 0.3) is 0 Å². The van der Waals surface area contributed by atoms with Gasteiger partial charge in [-0.1, -0.05) is 36.0 Å². The van der Waals surface area contributed by atoms with Crippen molar-refractivity contribution in [2.45, 2.75) is 46.0 Å². The molecule has 4 rings (SSSR count). The highest BCUT2D eigenvalue weighted by atomic mass is 16.5. The van der Waals surface area contributed by atoms with Crippen LogP contribution < -0.4 is 4.90 Å². The summed E-state index contributed by atoms with van der Waals surface area (Å²) < 4.78 is 6.11. The van der Waals surface area contributed by atoms with E-state index in [9.17, 15) is 0 Å². The molecule has 3 nitrogen and oxygen atoms in total. The summed E-state index contributed by atoms with van der Waals surface area (Å²) in [4.78, 5) is 6.60. The molecular weight excluding hydrogens is 356 g/mol. The first kappa shape index (κ1) is 19.5. The number of hydrogen-bond donors (Lipinski definition) is 0. The number of allylic oxidation sites excluding steroid dienone is 9. The zero-order valence-electron chi connectivity index (χ0n) is 17.5. The van der Waals surface area contributed by atoms with Crippen molar-refractivity contribution in [3.63, 3.8) is 0 Å². The molecule has 150 valence electrons. The van der Waals surface area contributed by atoms with E-state index in [1.54, 1.807) is 0 Å². The molecule has 2 aliphatic heterocycles. The van der Waals surface area contributed by atoms with E-state index in [4.69, 9.17) is 4.74 Å². The summed E-state index contributed by atoms with van der Waals surface area (Å²) in [6, 6.07) is 4.12. The lowest BCUT2D eigenvalue weighted by Crippen LogP contribution is -2.17. The van der Waals surface area contributed by atoms with E-state index in [2.05, 4.69) is 66.4 Å². The van der Waals surface area contributed by atoms with Crippen LogP contribution in [-0.2, 0) is 4.74 Å². The molecule has 3 heterocycles. The Labute approximate surface area is 174 Å². The summed E-state index contributed by atoms with van der Waals surface area (Å²) >= 11 is 0. The van der Waals surface area contributed by atoms with Gasteiger partial charge in [-0.3, -0.25) is 4.98 Å². The Balaban J connectivity index is 1.61. The largest absolute Gasteiger partial charge is 0.493 e. The predicted molar refractivity (Wildman–Crippen MR) is 120 cm³/mol. The van der Waals surface area contributed by atoms with Gasteiger partial charge in [0.05, 0.1) is 18.5 Å². The van der Waals surface area contributed by atoms with Gasteiger partial charge in [0.1, 0.15) is 5.76 Å². The molecule has 0 bridgehead atoms. The monoisotopic (exact) mass is 386 g/mol. The van der Waals surface area contributed by atoms with E-state index in [1.807, 2.05) is 18.5 Å². The molecule has 0 fully saturated rings. The molecule has 0 saturated heterocycles. The first-order valence-corrected chi connectivity index (χ1v) is 10.7. The Morgan fingerprint density at radius 3 is 2.90 bits per heavy atom. The summed E-state index contributed by atoms with van der Waals surface area (Å²) in [5.74, 6) is 1.11. The van der Waals surface area contributed by atoms with E-state index in [0.29, 0.717) is 0 Å². The third-order valence-electron chi connectivity index (χ3n) is 5.74. The molecule has 0 radical (unpaired) electrons. The Bertz CT molecular complexity index is 929. The summed E-state index contributed by atoms with van der Waals surface area (Å²) in [7, 11) is 0. The SMILES string of the molecule is CC1=CC(C2=CCC(C3=C(C)CCCCO3)=CC=C2)=CN(c2cccnc2)CC1. The normalized spacial score (nSPS) is 20.6. The van der Waals surface area contributed by atoms with E-state index in [-0.39, 0.29) is 0 Å². The smallest absolute Gasteiger partial charge is 0.121 e. The fourth-order valence-corrected chi connectivity index (χ4v) is 4.07. The number of pyridine rings is 1. The minimum Gasteiger partial charge on any atom is -0.493 e. The first-order chi connectivity index (χ1) is 14.2. The molecule has 29 heavy (non-hydrogen) atoms. The van der Waals surface area contributed by atoms with Crippen LogP contribution in [0.5, 0.6) is 0 Å². The van der Waals surface area contributed by atoms with Gasteiger partial charge >= 0.3 is 0 Å². The molecule has 3 aliphatic rings. The van der Waals surface area contributed by atoms with E-state index < -0.39 is 0 Å². The average Bonchev–Trinajstić information content (AvgIpc) is 3.18. The van der Waals surface area contributed by atoms with Crippen LogP contribution in [0.2, 0.25) is 0 Å². The van der Waals surface area contributed by atoms with Crippen LogP contribution in [0.1, 0.15) is 46.0 Å². The van der Waals surface area contributed by atoms with Crippen LogP contribution in [0.15, 0.2) is 94.7 Å². The standard InChI is InChI=1S/C26H30N2O/c1-20-13-15-28(25-10-6-14-27-18-25)19-24(17-20)22-8-5-9-23(12-11-22)26-21(2)7-3-4-16-29-26/h5-6,8-11,14,17-19H,3-4,7,12-13,15-16H2,1-2H3. The van der Waals surface area contributed by atoms with Gasteiger partial charge in [-0.2, -0.15) is 0 Å². The lowest BCUT2D eigenvalue weighted by molar-refractivity contribution is 0.218. The second-order valence-corrected chi connectivity index (χ2v) is 8.06. The van der Waals surface area contributed by atoms with Gasteiger partial charge in [0.25, 0.3) is 0 Å². The zero-order valence-corrected chi connectivity index (χ0v) is 17.5. The highest BCUT2D eigenvalue weighted by Gasteiger charge is 2.16. The van der Waals surface area contributed by atoms with Crippen LogP contribution in [0.3, 0.4) is 0 Å². The highest BCUT2D eigenvalue weighted by molar-refractivity contribution is 5.57. The minimum absolute atomic E-state index is 0.831. The van der Waals surface area contributed by atoms with Gasteiger partial charge in [-0.25, -0.2) is 0 Å². The summed E-state index contributed by atoms with van der Waals surface area (Å²) in [5.41, 5.74) is 7.72. The molecule has 0 spiro atoms. The Hall–Kier alpha value is -2.81. The van der Waals surface area contributed by atoms with Crippen molar-refractivity contribution in [1.82, 2.24) is 4.98 Å². The first-order valence-electron chi connectivity index (χ1n) is 10.7. The Kier molecular flexibility index (Phi) is 6.14. The van der Waals surface area contributed by atoms with Gasteiger partial charge in [0.15, 0.2) is 0 Å². The van der Waals surface area contributed by atoms with Gasteiger partial charge < -0.3 is 9.64 Å². The lowest BCUT2D eigenvalue weighted by atomic mass is 10.0. The summed E-state index contributed by atoms with van der Waals surface area (Å²) in [5, 5.41) is 0. The van der Waals surface area contributed by atoms with Crippen molar-refractivity contribution in [3.05, 3.63) is 94.7 Å². The number of rotatable bonds is 3. The molecule has 0 saturated carbocycles. The molecule has 0 aromatic carbocycles. The maximum absolute atomic E-state index is 6.11. The highest BCUT2D eigenvalue weighted by Crippen LogP contribution is 2.31. The number of nitrogens with zero attached hydrogens (tertiary/aromatic N) is 2. The number of hydrogen-bond acceptors (Lipinski definition) is 3. The number of anilines is 1. The van der Waals surface area contributed by atoms with E-state index >= 15 is 0 Å². The number of aromatic nitrogens is 1. The van der Waals surface area contributed by atoms with Crippen molar-refractivity contribution in [3.8, 4) is 0 Å². The van der Waals surface area contributed by atoms with Crippen molar-refractivity contribution < 1.29 is 4.74 Å². The average molecular weight is 387 g/mol. The van der Waals surface area contributed by atoms with Crippen molar-refractivity contribution >= 4 is 5.69 Å². The van der Waals surface area contributed by atoms with Gasteiger partial charge in [0.2, 0.25) is 0 Å². The van der Waals surface area contributed by atoms with Crippen LogP contribution >= 0.6 is 0 Å². The third-order valence-corrected chi connectivity index (χ3v) is 5.74. The van der Waals surface area contributed by atoms with Gasteiger partial charge in [-0.05, 0) is 80.4 Å². The molecule has 1 aliphatic carbocycles. The van der Waals surface area contributed by atoms with Crippen molar-refractivity contribution in [1.29, 1.82) is 0 Å². The van der Waals surface area contributed by atoms with Crippen LogP contribution in [0, 0.1) is 0 Å². The molecule has 3 heteroatoms. The molecule has 0 N–H and O–H groups in total. The minimum atomic E-state index is 0.831. The molecule has 1 aromatic heterocycles. The second-order valence-electron chi connectivity index (χ2n) is 8.06. The van der Waals surface area contributed by atoms with Gasteiger partial charge in [0, 0.05) is 18.9 Å². The third kappa shape index (κ3) is 4.79. The zero-order chi connectivity index (χ0) is 20.1. The molecule has 0 unspecified atom stereocenters. The van der Waals surface area contributed by atoms with Crippen LogP contribution in [0.4, 0.5) is 5.69 Å². The predicted octanol–water partition coefficient (Wildman–Crippen LogP) is 6.41. The maximum atomic E-state index is 6.11. The van der Waals surface area contributed by atoms with E-state index in [1.165, 1.54) is 34.3 Å². The fourth-order valence-electron chi connectivity index (χ4n) is 4.07. The Morgan fingerprint density at radius 1 is 1.10 bits per heavy atom. The topological polar surface area (TPSA) is 25.4 Å². The second kappa shape index (κ2) is 9.13. The summed E-state index contributed by atoms with van der Waals surface area (Å²) in [6.07, 6.45) is 22.8. The van der Waals surface area contributed by atoms with Crippen molar-refractivity contribution in [2.24, 2.45) is 0 Å². The summed E-state index contributed by atoms with van der Waals surface area (Å²) in [6.45, 7) is 6.24. The molecule has 0 amide bonds. The molecule has 1 aromatic rings. The Morgan fingerprint density at radius 2 is 2.03 bits per heavy atom. The molecule has 0 atom stereocenters. The number of ether oxygens (including phenoxy) is 1. The van der Waals surface area contributed by atoms with E-state index in [0.717, 1.165) is 50.3 Å². The quantitative estimate of drug-likeness (QED) is 0.600.